The molecule has 0 bridgehead atoms. The van der Waals surface area contributed by atoms with E-state index in [0.717, 1.165) is 19.6 Å². The maximum atomic E-state index is 12.3. The van der Waals surface area contributed by atoms with Crippen LogP contribution in [0.2, 0.25) is 0 Å². The van der Waals surface area contributed by atoms with Crippen LogP contribution in [0.15, 0.2) is 0 Å². The van der Waals surface area contributed by atoms with Gasteiger partial charge in [0.2, 0.25) is 5.91 Å². The van der Waals surface area contributed by atoms with E-state index in [1.165, 1.54) is 12.8 Å². The van der Waals surface area contributed by atoms with E-state index >= 15 is 0 Å². The largest absolute Gasteiger partial charge is 0.337 e. The number of nitrogens with two attached hydrogens (primary N) is 1. The van der Waals surface area contributed by atoms with Crippen molar-refractivity contribution in [2.75, 3.05) is 26.2 Å². The molecule has 0 saturated carbocycles. The van der Waals surface area contributed by atoms with Crippen LogP contribution >= 0.6 is 0 Å². The molecule has 4 nitrogen and oxygen atoms in total. The van der Waals surface area contributed by atoms with Gasteiger partial charge in [0.05, 0.1) is 6.54 Å². The highest BCUT2D eigenvalue weighted by molar-refractivity contribution is 5.78. The van der Waals surface area contributed by atoms with E-state index in [1.807, 2.05) is 4.90 Å². The number of piperidine rings is 1. The van der Waals surface area contributed by atoms with Crippen molar-refractivity contribution >= 4 is 5.91 Å². The summed E-state index contributed by atoms with van der Waals surface area (Å²) in [5, 5.41) is 0. The zero-order chi connectivity index (χ0) is 13.7. The number of likely N-dealkylation sites (tertiary alicyclic amines) is 1. The van der Waals surface area contributed by atoms with Crippen LogP contribution in [0.4, 0.5) is 0 Å². The average Bonchev–Trinajstić information content (AvgIpc) is 2.28. The van der Waals surface area contributed by atoms with Crippen LogP contribution in [-0.2, 0) is 4.79 Å². The van der Waals surface area contributed by atoms with Crippen LogP contribution in [0.3, 0.4) is 0 Å². The lowest BCUT2D eigenvalue weighted by Gasteiger charge is -2.36. The summed E-state index contributed by atoms with van der Waals surface area (Å²) in [5.41, 5.74) is 5.73. The second-order valence-corrected chi connectivity index (χ2v) is 5.97. The SMILES string of the molecule is CC(C)N(C(=O)CN1CCCC(CN)C1)C(C)C. The van der Waals surface area contributed by atoms with E-state index in [1.54, 1.807) is 0 Å². The van der Waals surface area contributed by atoms with Crippen LogP contribution in [0.5, 0.6) is 0 Å². The molecule has 1 amide bonds. The smallest absolute Gasteiger partial charge is 0.237 e. The first-order valence-corrected chi connectivity index (χ1v) is 7.19. The molecule has 0 spiro atoms. The Hall–Kier alpha value is -0.610. The predicted octanol–water partition coefficient (Wildman–Crippen LogP) is 1.30. The third-order valence-corrected chi connectivity index (χ3v) is 3.70. The molecule has 2 N–H and O–H groups in total. The van der Waals surface area contributed by atoms with Crippen LogP contribution < -0.4 is 5.73 Å². The Bertz CT molecular complexity index is 258. The van der Waals surface area contributed by atoms with Gasteiger partial charge in [-0.3, -0.25) is 9.69 Å². The summed E-state index contributed by atoms with van der Waals surface area (Å²) in [7, 11) is 0. The van der Waals surface area contributed by atoms with Crippen LogP contribution in [0.1, 0.15) is 40.5 Å². The Labute approximate surface area is 111 Å². The third-order valence-electron chi connectivity index (χ3n) is 3.70. The minimum atomic E-state index is 0.248. The highest BCUT2D eigenvalue weighted by Crippen LogP contribution is 2.16. The summed E-state index contributed by atoms with van der Waals surface area (Å²) in [5.74, 6) is 0.816. The maximum absolute atomic E-state index is 12.3. The molecule has 1 unspecified atom stereocenters. The van der Waals surface area contributed by atoms with Gasteiger partial charge in [0.15, 0.2) is 0 Å². The molecule has 0 aromatic rings. The van der Waals surface area contributed by atoms with Crippen molar-refractivity contribution in [2.45, 2.75) is 52.6 Å². The Morgan fingerprint density at radius 2 is 1.94 bits per heavy atom. The van der Waals surface area contributed by atoms with Crippen LogP contribution in [-0.4, -0.2) is 54.0 Å². The number of amides is 1. The zero-order valence-corrected chi connectivity index (χ0v) is 12.4. The first kappa shape index (κ1) is 15.4. The minimum Gasteiger partial charge on any atom is -0.337 e. The van der Waals surface area contributed by atoms with Crippen molar-refractivity contribution in [3.63, 3.8) is 0 Å². The molecular formula is C14H29N3O. The van der Waals surface area contributed by atoms with Gasteiger partial charge in [0, 0.05) is 18.6 Å². The molecule has 1 saturated heterocycles. The minimum absolute atomic E-state index is 0.248. The van der Waals surface area contributed by atoms with E-state index in [0.29, 0.717) is 12.5 Å². The van der Waals surface area contributed by atoms with E-state index in [-0.39, 0.29) is 18.0 Å². The van der Waals surface area contributed by atoms with Crippen molar-refractivity contribution in [2.24, 2.45) is 11.7 Å². The number of nitrogens with zero attached hydrogens (tertiary/aromatic N) is 2. The summed E-state index contributed by atoms with van der Waals surface area (Å²) in [4.78, 5) is 16.6. The molecule has 1 heterocycles. The molecule has 0 aromatic carbocycles. The average molecular weight is 255 g/mol. The number of carbonyl (C=O) groups excluding carboxylic acids is 1. The van der Waals surface area contributed by atoms with Gasteiger partial charge in [0.1, 0.15) is 0 Å². The normalized spacial score (nSPS) is 21.6. The van der Waals surface area contributed by atoms with E-state index in [2.05, 4.69) is 32.6 Å². The molecule has 0 aliphatic carbocycles. The highest BCUT2D eigenvalue weighted by Gasteiger charge is 2.25. The van der Waals surface area contributed by atoms with Crippen molar-refractivity contribution in [3.05, 3.63) is 0 Å². The van der Waals surface area contributed by atoms with Gasteiger partial charge in [-0.15, -0.1) is 0 Å². The molecule has 1 aliphatic heterocycles. The lowest BCUT2D eigenvalue weighted by atomic mass is 9.98. The van der Waals surface area contributed by atoms with E-state index in [9.17, 15) is 4.79 Å². The second kappa shape index (κ2) is 7.10. The first-order chi connectivity index (χ1) is 8.45. The molecular weight excluding hydrogens is 226 g/mol. The Kier molecular flexibility index (Phi) is 6.09. The fourth-order valence-corrected chi connectivity index (χ4v) is 2.93. The predicted molar refractivity (Wildman–Crippen MR) is 75.3 cm³/mol. The van der Waals surface area contributed by atoms with Gasteiger partial charge in [-0.25, -0.2) is 0 Å². The summed E-state index contributed by atoms with van der Waals surface area (Å²) in [6.07, 6.45) is 2.37. The number of carbonyl (C=O) groups is 1. The zero-order valence-electron chi connectivity index (χ0n) is 12.4. The summed E-state index contributed by atoms with van der Waals surface area (Å²) in [6.45, 7) is 11.6. The maximum Gasteiger partial charge on any atom is 0.237 e. The Balaban J connectivity index is 2.52. The first-order valence-electron chi connectivity index (χ1n) is 7.19. The van der Waals surface area contributed by atoms with Crippen LogP contribution in [0.25, 0.3) is 0 Å². The molecule has 18 heavy (non-hydrogen) atoms. The standard InChI is InChI=1S/C14H29N3O/c1-11(2)17(12(3)4)14(18)10-16-7-5-6-13(8-15)9-16/h11-13H,5-10,15H2,1-4H3. The van der Waals surface area contributed by atoms with E-state index < -0.39 is 0 Å². The van der Waals surface area contributed by atoms with Gasteiger partial charge in [-0.05, 0) is 59.5 Å². The number of hydrogen-bond acceptors (Lipinski definition) is 3. The molecule has 0 aromatic heterocycles. The molecule has 1 atom stereocenters. The van der Waals surface area contributed by atoms with Gasteiger partial charge in [-0.1, -0.05) is 0 Å². The Morgan fingerprint density at radius 3 is 2.44 bits per heavy atom. The van der Waals surface area contributed by atoms with Gasteiger partial charge in [-0.2, -0.15) is 0 Å². The second-order valence-electron chi connectivity index (χ2n) is 5.97. The third kappa shape index (κ3) is 4.25. The van der Waals surface area contributed by atoms with E-state index in [4.69, 9.17) is 5.73 Å². The number of hydrogen-bond donors (Lipinski definition) is 1. The molecule has 1 fully saturated rings. The quantitative estimate of drug-likeness (QED) is 0.805. The van der Waals surface area contributed by atoms with Crippen molar-refractivity contribution < 1.29 is 4.79 Å². The monoisotopic (exact) mass is 255 g/mol. The summed E-state index contributed by atoms with van der Waals surface area (Å²) < 4.78 is 0. The molecule has 0 radical (unpaired) electrons. The molecule has 1 aliphatic rings. The fourth-order valence-electron chi connectivity index (χ4n) is 2.93. The van der Waals surface area contributed by atoms with Gasteiger partial charge >= 0.3 is 0 Å². The van der Waals surface area contributed by atoms with Crippen LogP contribution in [0, 0.1) is 5.92 Å². The summed E-state index contributed by atoms with van der Waals surface area (Å²) >= 11 is 0. The summed E-state index contributed by atoms with van der Waals surface area (Å²) in [6, 6.07) is 0.542. The van der Waals surface area contributed by atoms with Gasteiger partial charge < -0.3 is 10.6 Å². The van der Waals surface area contributed by atoms with Crippen molar-refractivity contribution in [1.29, 1.82) is 0 Å². The lowest BCUT2D eigenvalue weighted by molar-refractivity contribution is -0.136. The molecule has 4 heteroatoms. The Morgan fingerprint density at radius 1 is 1.33 bits per heavy atom. The lowest BCUT2D eigenvalue weighted by Crippen LogP contribution is -2.49. The van der Waals surface area contributed by atoms with Crippen molar-refractivity contribution in [1.82, 2.24) is 9.80 Å². The molecule has 1 rings (SSSR count). The van der Waals surface area contributed by atoms with Crippen molar-refractivity contribution in [3.8, 4) is 0 Å². The molecule has 106 valence electrons. The van der Waals surface area contributed by atoms with Gasteiger partial charge in [0.25, 0.3) is 0 Å². The topological polar surface area (TPSA) is 49.6 Å². The fraction of sp³-hybridized carbons (Fsp3) is 0.929. The highest BCUT2D eigenvalue weighted by atomic mass is 16.2. The number of rotatable bonds is 5.